The van der Waals surface area contributed by atoms with Gasteiger partial charge in [-0.3, -0.25) is 24.5 Å². The molecule has 0 amide bonds. The number of fused-ring (bicyclic) bond motifs is 2. The minimum absolute atomic E-state index is 0. The Balaban J connectivity index is 0.000000250. The third-order valence-corrected chi connectivity index (χ3v) is 17.2. The number of pyridine rings is 5. The summed E-state index contributed by atoms with van der Waals surface area (Å²) >= 11 is 0. The van der Waals surface area contributed by atoms with Gasteiger partial charge >= 0.3 is 41.2 Å². The van der Waals surface area contributed by atoms with E-state index in [0.717, 1.165) is 106 Å². The van der Waals surface area contributed by atoms with E-state index < -0.39 is 0 Å². The molecule has 0 aliphatic heterocycles. The van der Waals surface area contributed by atoms with Crippen molar-refractivity contribution in [1.29, 1.82) is 0 Å². The van der Waals surface area contributed by atoms with Gasteiger partial charge in [-0.05, 0) is 124 Å². The summed E-state index contributed by atoms with van der Waals surface area (Å²) in [5, 5.41) is 20.3. The molecule has 0 saturated carbocycles. The molecule has 0 fully saturated rings. The van der Waals surface area contributed by atoms with Gasteiger partial charge in [-0.2, -0.15) is 60.7 Å². The number of aliphatic hydroxyl groups is 2. The first-order valence-corrected chi connectivity index (χ1v) is 37.4. The van der Waals surface area contributed by atoms with Gasteiger partial charge < -0.3 is 20.2 Å². The summed E-state index contributed by atoms with van der Waals surface area (Å²) in [4.78, 5) is 43.0. The van der Waals surface area contributed by atoms with Crippen LogP contribution >= 0.6 is 0 Å². The van der Waals surface area contributed by atoms with E-state index in [1.54, 1.807) is 0 Å². The fourth-order valence-corrected chi connectivity index (χ4v) is 12.3. The third kappa shape index (κ3) is 31.1. The fourth-order valence-electron chi connectivity index (χ4n) is 12.3. The van der Waals surface area contributed by atoms with E-state index in [2.05, 4.69) is 230 Å². The Morgan fingerprint density at radius 3 is 1.25 bits per heavy atom. The summed E-state index contributed by atoms with van der Waals surface area (Å²) in [5.41, 5.74) is 29.3. The predicted octanol–water partition coefficient (Wildman–Crippen LogP) is 25.2. The molecule has 118 heavy (non-hydrogen) atoms. The Morgan fingerprint density at radius 2 is 0.805 bits per heavy atom. The number of hydrogen-bond acceptors (Lipinski definition) is 9. The summed E-state index contributed by atoms with van der Waals surface area (Å²) < 4.78 is 0. The van der Waals surface area contributed by atoms with Gasteiger partial charge in [0.25, 0.3) is 0 Å². The molecule has 9 nitrogen and oxygen atoms in total. The first-order valence-electron chi connectivity index (χ1n) is 37.4. The number of allylic oxidation sites excluding steroid dienone is 4. The minimum Gasteiger partial charge on any atom is -0.512 e. The van der Waals surface area contributed by atoms with Gasteiger partial charge in [0.2, 0.25) is 0 Å². The third-order valence-electron chi connectivity index (χ3n) is 17.2. The second kappa shape index (κ2) is 49.9. The number of rotatable bonds is 12. The molecule has 13 heteroatoms. The van der Waals surface area contributed by atoms with Crippen molar-refractivity contribution in [1.82, 2.24) is 24.9 Å². The summed E-state index contributed by atoms with van der Waals surface area (Å²) in [6.07, 6.45) is 18.3. The summed E-state index contributed by atoms with van der Waals surface area (Å²) in [5.74, 6) is -0.125. The van der Waals surface area contributed by atoms with E-state index in [1.165, 1.54) is 101 Å². The standard InChI is InChI=1S/C22H14.C19H15N.C18H15N2.2C18H16N.2C5H8O2.3Ir.Pt/c1-3-9-19(10-4-1)15-17-21-13-7-8-14-22(21)18-16-20-11-5-2-6-12-20;1-14-13-15(2)19(17-11-7-4-8-12-17)20-18(14)16-9-5-3-6-10-16;1-13-11-14(2)16(18-8-4-6-10-20-18)12-15(13)17-7-3-5-9-19-17;1-12-4-5-15-6-7-17(19-18(15)11-12)16-9-13(2)8-14(3)10-16;1-12-4-5-17-15(9-12)6-7-19-18(17)16-10-13(2)8-14(3)11-16;2*1-4(6)3-5(2)7;;;;/h1-9,11,13-16H;3-9,11,13H,1-2H3;3-11H,1-2H3;4-9,11H,1-3H3;4-10H,1-3H3;2*3,6H,1-2H3;;;;/q-4;-2;3*-1;;;;;+3;+4. The van der Waals surface area contributed by atoms with Crippen LogP contribution in [0, 0.1) is 124 Å². The molecule has 0 saturated heterocycles. The van der Waals surface area contributed by atoms with Crippen LogP contribution in [0.15, 0.2) is 291 Å². The molecular formula is C105H92Ir3N5O4Pt-2. The molecule has 600 valence electrons. The van der Waals surface area contributed by atoms with E-state index in [9.17, 15) is 9.59 Å². The SMILES string of the molecule is CC(=O)C=C(C)O.CC(=O)C=C(C)O.Cc1[c-]c(-c2ccc3ccc(C)cc3n2)cc(C)c1.Cc1[c-]c(-c2nccc3cc(C)ccc23)cc(C)c1.Cc1cc(C)c(-c2[c-]cccc2)nc1-c1[c-]cccc1.Cc1cc(C)c(-c2ccccn2)[c-]c1-c1ccccn1.[C-](=Cc1[c-]cccc1)c1ccccc1[C-]=Cc1[c-]cccc1.[Ir+3].[Ir].[Ir].[Pt+4]. The predicted molar refractivity (Wildman–Crippen MR) is 469 cm³/mol. The minimum atomic E-state index is -0.125. The van der Waals surface area contributed by atoms with Crippen LogP contribution in [-0.4, -0.2) is 46.7 Å². The molecule has 2 radical (unpaired) electrons. The largest absolute Gasteiger partial charge is 4.00 e. The zero-order valence-corrected chi connectivity index (χ0v) is 77.9. The number of hydrogen-bond donors (Lipinski definition) is 2. The molecule has 0 aliphatic carbocycles. The first kappa shape index (κ1) is 97.6. The van der Waals surface area contributed by atoms with Crippen molar-refractivity contribution < 1.29 is 101 Å². The summed E-state index contributed by atoms with van der Waals surface area (Å²) in [6.45, 7) is 26.6. The van der Waals surface area contributed by atoms with Crippen molar-refractivity contribution in [3.63, 3.8) is 0 Å². The van der Waals surface area contributed by atoms with Crippen LogP contribution in [0.5, 0.6) is 0 Å². The van der Waals surface area contributed by atoms with Gasteiger partial charge in [0, 0.05) is 82.3 Å². The molecule has 0 spiro atoms. The second-order valence-electron chi connectivity index (χ2n) is 27.5. The fraction of sp³-hybridized carbons (Fsp3) is 0.133. The average molecular weight is 2260 g/mol. The molecule has 10 aromatic carbocycles. The van der Waals surface area contributed by atoms with Crippen molar-refractivity contribution in [3.8, 4) is 67.5 Å². The number of aryl methyl sites for hydroxylation is 10. The van der Waals surface area contributed by atoms with Crippen molar-refractivity contribution in [2.75, 3.05) is 0 Å². The Hall–Kier alpha value is -11.0. The molecule has 0 bridgehead atoms. The smallest absolute Gasteiger partial charge is 0.512 e. The van der Waals surface area contributed by atoms with E-state index in [-0.39, 0.29) is 104 Å². The molecule has 0 aliphatic rings. The van der Waals surface area contributed by atoms with Crippen LogP contribution in [0.3, 0.4) is 0 Å². The maximum atomic E-state index is 10.0. The topological polar surface area (TPSA) is 139 Å². The van der Waals surface area contributed by atoms with Gasteiger partial charge in [0.05, 0.1) is 17.0 Å². The first-order chi connectivity index (χ1) is 54.9. The summed E-state index contributed by atoms with van der Waals surface area (Å²) in [7, 11) is 0. The van der Waals surface area contributed by atoms with Crippen molar-refractivity contribution in [2.24, 2.45) is 0 Å². The van der Waals surface area contributed by atoms with Gasteiger partial charge in [0.1, 0.15) is 0 Å². The Labute approximate surface area is 752 Å². The van der Waals surface area contributed by atoms with E-state index in [0.29, 0.717) is 0 Å². The average Bonchev–Trinajstić information content (AvgIpc) is 0.818. The maximum absolute atomic E-state index is 10.0. The number of ketones is 2. The number of nitrogens with zero attached hydrogens (tertiary/aromatic N) is 5. The quantitative estimate of drug-likeness (QED) is 0.0530. The Kier molecular flexibility index (Phi) is 41.3. The van der Waals surface area contributed by atoms with Crippen LogP contribution in [0.25, 0.3) is 101 Å². The molecule has 5 aromatic heterocycles. The zero-order chi connectivity index (χ0) is 81.5. The Morgan fingerprint density at radius 1 is 0.364 bits per heavy atom. The van der Waals surface area contributed by atoms with Crippen molar-refractivity contribution in [3.05, 3.63) is 423 Å². The van der Waals surface area contributed by atoms with Gasteiger partial charge in [0.15, 0.2) is 11.6 Å². The van der Waals surface area contributed by atoms with Crippen LogP contribution in [0.4, 0.5) is 0 Å². The Bertz CT molecular complexity index is 5440. The number of benzene rings is 10. The van der Waals surface area contributed by atoms with Crippen molar-refractivity contribution in [2.45, 2.75) is 96.9 Å². The molecule has 5 heterocycles. The van der Waals surface area contributed by atoms with Gasteiger partial charge in [-0.1, -0.05) is 142 Å². The molecule has 15 aromatic rings. The second-order valence-corrected chi connectivity index (χ2v) is 27.5. The van der Waals surface area contributed by atoms with E-state index in [4.69, 9.17) is 20.2 Å². The molecule has 15 rings (SSSR count). The molecule has 0 atom stereocenters. The molecular weight excluding hydrogens is 2170 g/mol. The van der Waals surface area contributed by atoms with Crippen molar-refractivity contribution >= 4 is 45.4 Å². The normalized spacial score (nSPS) is 10.5. The monoisotopic (exact) mass is 2260 g/mol. The van der Waals surface area contributed by atoms with Crippen LogP contribution in [0.2, 0.25) is 0 Å². The molecule has 0 unspecified atom stereocenters. The van der Waals surface area contributed by atoms with E-state index in [1.807, 2.05) is 188 Å². The van der Waals surface area contributed by atoms with Crippen LogP contribution in [-0.2, 0) is 91.0 Å². The van der Waals surface area contributed by atoms with Crippen LogP contribution in [0.1, 0.15) is 106 Å². The van der Waals surface area contributed by atoms with Gasteiger partial charge in [-0.15, -0.1) is 189 Å². The number of aromatic nitrogens is 5. The number of aliphatic hydroxyl groups excluding tert-OH is 2. The number of carbonyl (C=O) groups is 2. The summed E-state index contributed by atoms with van der Waals surface area (Å²) in [6, 6.07) is 107. The molecule has 2 N–H and O–H groups in total. The maximum Gasteiger partial charge on any atom is 4.00 e. The van der Waals surface area contributed by atoms with Gasteiger partial charge in [-0.25, -0.2) is 46.6 Å². The number of carbonyl (C=O) groups excluding carboxylic acids is 2. The van der Waals surface area contributed by atoms with Crippen LogP contribution < -0.4 is 0 Å². The zero-order valence-electron chi connectivity index (χ0n) is 68.5. The van der Waals surface area contributed by atoms with E-state index >= 15 is 0 Å².